The Balaban J connectivity index is 2.19. The van der Waals surface area contributed by atoms with Crippen LogP contribution in [0.2, 0.25) is 6.82 Å². The largest absolute Gasteiger partial charge is 0.453 e. The van der Waals surface area contributed by atoms with Crippen molar-refractivity contribution in [3.05, 3.63) is 0 Å². The highest BCUT2D eigenvalue weighted by Crippen LogP contribution is 2.06. The maximum absolute atomic E-state index is 5.17. The summed E-state index contributed by atoms with van der Waals surface area (Å²) in [5, 5.41) is 0. The zero-order valence-corrected chi connectivity index (χ0v) is 5.39. The molecule has 46 valence electrons. The number of hydrogen-bond donors (Lipinski definition) is 0. The van der Waals surface area contributed by atoms with E-state index in [2.05, 4.69) is 6.92 Å². The van der Waals surface area contributed by atoms with Crippen LogP contribution in [0.5, 0.6) is 0 Å². The normalized spacial score (nSPS) is 24.0. The van der Waals surface area contributed by atoms with Crippen molar-refractivity contribution >= 4 is 7.12 Å². The van der Waals surface area contributed by atoms with Gasteiger partial charge in [-0.25, -0.2) is 0 Å². The van der Waals surface area contributed by atoms with E-state index in [1.807, 2.05) is 6.82 Å². The summed E-state index contributed by atoms with van der Waals surface area (Å²) in [5.41, 5.74) is 0. The molecule has 0 atom stereocenters. The topological polar surface area (TPSA) is 18.5 Å². The minimum absolute atomic E-state index is 0.0196. The summed E-state index contributed by atoms with van der Waals surface area (Å²) in [4.78, 5) is 0. The standard InChI is InChI=1S/C5H11BO2/c1-5-3-7-6(2)8-4-5/h5H,3-4H2,1-2H3. The van der Waals surface area contributed by atoms with E-state index in [1.54, 1.807) is 0 Å². The Morgan fingerprint density at radius 3 is 2.25 bits per heavy atom. The number of rotatable bonds is 0. The molecule has 2 nitrogen and oxygen atoms in total. The average molecular weight is 114 g/mol. The van der Waals surface area contributed by atoms with Crippen LogP contribution in [0.3, 0.4) is 0 Å². The molecule has 0 spiro atoms. The molecule has 0 N–H and O–H groups in total. The molecule has 8 heavy (non-hydrogen) atoms. The average Bonchev–Trinajstić information content (AvgIpc) is 1.77. The van der Waals surface area contributed by atoms with Gasteiger partial charge in [-0.3, -0.25) is 0 Å². The molecule has 1 heterocycles. The smallest absolute Gasteiger partial charge is 0.411 e. The van der Waals surface area contributed by atoms with Crippen molar-refractivity contribution in [3.63, 3.8) is 0 Å². The quantitative estimate of drug-likeness (QED) is 0.433. The van der Waals surface area contributed by atoms with E-state index in [4.69, 9.17) is 9.31 Å². The van der Waals surface area contributed by atoms with Crippen molar-refractivity contribution in [1.82, 2.24) is 0 Å². The van der Waals surface area contributed by atoms with Crippen LogP contribution in [0.1, 0.15) is 6.92 Å². The maximum Gasteiger partial charge on any atom is 0.453 e. The Bertz CT molecular complexity index is 58.8. The highest BCUT2D eigenvalue weighted by molar-refractivity contribution is 6.42. The molecule has 1 aliphatic rings. The first-order valence-electron chi connectivity index (χ1n) is 3.02. The first-order chi connectivity index (χ1) is 3.79. The van der Waals surface area contributed by atoms with E-state index in [1.165, 1.54) is 0 Å². The molecule has 1 rings (SSSR count). The lowest BCUT2D eigenvalue weighted by Gasteiger charge is -2.21. The van der Waals surface area contributed by atoms with Crippen LogP contribution in [-0.4, -0.2) is 20.3 Å². The van der Waals surface area contributed by atoms with Crippen LogP contribution in [0.25, 0.3) is 0 Å². The predicted octanol–water partition coefficient (Wildman–Crippen LogP) is 0.787. The van der Waals surface area contributed by atoms with Crippen molar-refractivity contribution in [3.8, 4) is 0 Å². The van der Waals surface area contributed by atoms with Crippen LogP contribution in [-0.2, 0) is 9.31 Å². The monoisotopic (exact) mass is 114 g/mol. The van der Waals surface area contributed by atoms with Crippen molar-refractivity contribution in [2.75, 3.05) is 13.2 Å². The first-order valence-corrected chi connectivity index (χ1v) is 3.02. The van der Waals surface area contributed by atoms with E-state index < -0.39 is 0 Å². The van der Waals surface area contributed by atoms with Gasteiger partial charge >= 0.3 is 7.12 Å². The second-order valence-corrected chi connectivity index (χ2v) is 2.34. The highest BCUT2D eigenvalue weighted by Gasteiger charge is 2.18. The van der Waals surface area contributed by atoms with Crippen LogP contribution < -0.4 is 0 Å². The molecular formula is C5H11BO2. The molecule has 0 amide bonds. The maximum atomic E-state index is 5.17. The van der Waals surface area contributed by atoms with Gasteiger partial charge in [0.25, 0.3) is 0 Å². The Hall–Kier alpha value is -0.0151. The Morgan fingerprint density at radius 2 is 1.88 bits per heavy atom. The Labute approximate surface area is 50.3 Å². The van der Waals surface area contributed by atoms with E-state index in [0.717, 1.165) is 13.2 Å². The molecule has 3 heteroatoms. The van der Waals surface area contributed by atoms with Gasteiger partial charge in [-0.15, -0.1) is 0 Å². The van der Waals surface area contributed by atoms with Gasteiger partial charge in [0.15, 0.2) is 0 Å². The summed E-state index contributed by atoms with van der Waals surface area (Å²) >= 11 is 0. The lowest BCUT2D eigenvalue weighted by atomic mass is 9.92. The van der Waals surface area contributed by atoms with Gasteiger partial charge < -0.3 is 9.31 Å². The van der Waals surface area contributed by atoms with Crippen molar-refractivity contribution in [1.29, 1.82) is 0 Å². The van der Waals surface area contributed by atoms with E-state index in [9.17, 15) is 0 Å². The van der Waals surface area contributed by atoms with E-state index >= 15 is 0 Å². The second kappa shape index (κ2) is 2.51. The van der Waals surface area contributed by atoms with Gasteiger partial charge in [0, 0.05) is 13.2 Å². The fourth-order valence-electron chi connectivity index (χ4n) is 0.696. The first kappa shape index (κ1) is 6.11. The third-order valence-corrected chi connectivity index (χ3v) is 1.23. The van der Waals surface area contributed by atoms with Gasteiger partial charge in [-0.1, -0.05) is 6.92 Å². The van der Waals surface area contributed by atoms with E-state index in [-0.39, 0.29) is 7.12 Å². The van der Waals surface area contributed by atoms with Crippen LogP contribution in [0.15, 0.2) is 0 Å². The Morgan fingerprint density at radius 1 is 1.38 bits per heavy atom. The Kier molecular flexibility index (Phi) is 1.92. The van der Waals surface area contributed by atoms with Gasteiger partial charge in [0.1, 0.15) is 0 Å². The number of hydrogen-bond acceptors (Lipinski definition) is 2. The summed E-state index contributed by atoms with van der Waals surface area (Å²) in [6.45, 7) is 5.74. The van der Waals surface area contributed by atoms with E-state index in [0.29, 0.717) is 5.92 Å². The third kappa shape index (κ3) is 1.49. The molecule has 0 aliphatic carbocycles. The van der Waals surface area contributed by atoms with Gasteiger partial charge in [-0.05, 0) is 12.7 Å². The van der Waals surface area contributed by atoms with Crippen molar-refractivity contribution in [2.24, 2.45) is 5.92 Å². The SMILES string of the molecule is CB1OCC(C)CO1. The second-order valence-electron chi connectivity index (χ2n) is 2.34. The fraction of sp³-hybridized carbons (Fsp3) is 1.00. The summed E-state index contributed by atoms with van der Waals surface area (Å²) in [6.07, 6.45) is 0. The molecule has 0 unspecified atom stereocenters. The minimum atomic E-state index is 0.0196. The third-order valence-electron chi connectivity index (χ3n) is 1.23. The molecule has 0 radical (unpaired) electrons. The summed E-state index contributed by atoms with van der Waals surface area (Å²) < 4.78 is 10.3. The van der Waals surface area contributed by atoms with Crippen molar-refractivity contribution in [2.45, 2.75) is 13.7 Å². The molecule has 1 aliphatic heterocycles. The molecule has 1 saturated heterocycles. The lowest BCUT2D eigenvalue weighted by molar-refractivity contribution is 0.0917. The molecule has 0 aromatic carbocycles. The molecule has 0 aromatic heterocycles. The summed E-state index contributed by atoms with van der Waals surface area (Å²) in [6, 6.07) is 0. The lowest BCUT2D eigenvalue weighted by Crippen LogP contribution is -2.31. The predicted molar refractivity (Wildman–Crippen MR) is 32.7 cm³/mol. The zero-order chi connectivity index (χ0) is 5.98. The molecule has 0 aromatic rings. The zero-order valence-electron chi connectivity index (χ0n) is 5.39. The highest BCUT2D eigenvalue weighted by atomic mass is 16.6. The van der Waals surface area contributed by atoms with Gasteiger partial charge in [0.2, 0.25) is 0 Å². The summed E-state index contributed by atoms with van der Waals surface area (Å²) in [5.74, 6) is 0.575. The van der Waals surface area contributed by atoms with Gasteiger partial charge in [0.05, 0.1) is 0 Å². The van der Waals surface area contributed by atoms with Crippen LogP contribution in [0, 0.1) is 5.92 Å². The summed E-state index contributed by atoms with van der Waals surface area (Å²) in [7, 11) is 0.0196. The van der Waals surface area contributed by atoms with Crippen LogP contribution >= 0.6 is 0 Å². The molecular weight excluding hydrogens is 103 g/mol. The molecule has 1 fully saturated rings. The van der Waals surface area contributed by atoms with Gasteiger partial charge in [-0.2, -0.15) is 0 Å². The van der Waals surface area contributed by atoms with Crippen molar-refractivity contribution < 1.29 is 9.31 Å². The minimum Gasteiger partial charge on any atom is -0.411 e. The molecule has 0 bridgehead atoms. The van der Waals surface area contributed by atoms with Crippen LogP contribution in [0.4, 0.5) is 0 Å². The molecule has 0 saturated carbocycles. The fourth-order valence-corrected chi connectivity index (χ4v) is 0.696.